The molecule has 0 bridgehead atoms. The van der Waals surface area contributed by atoms with Crippen LogP contribution in [0.5, 0.6) is 0 Å². The first-order chi connectivity index (χ1) is 20.3. The quantitative estimate of drug-likeness (QED) is 0.0384. The van der Waals surface area contributed by atoms with Gasteiger partial charge < -0.3 is 48.3 Å². The van der Waals surface area contributed by atoms with Crippen molar-refractivity contribution < 1.29 is 34.2 Å². The van der Waals surface area contributed by atoms with Crippen LogP contribution in [0.15, 0.2) is 0 Å². The van der Waals surface area contributed by atoms with Crippen LogP contribution in [-0.2, 0) is 24.0 Å². The molecule has 16 heteroatoms. The monoisotopic (exact) mass is 613 g/mol. The highest BCUT2D eigenvalue weighted by Crippen LogP contribution is 2.16. The molecule has 0 aromatic rings. The van der Waals surface area contributed by atoms with E-state index in [4.69, 9.17) is 22.3 Å². The van der Waals surface area contributed by atoms with Gasteiger partial charge in [-0.15, -0.1) is 0 Å². The van der Waals surface area contributed by atoms with Gasteiger partial charge in [0.1, 0.15) is 12.1 Å². The van der Waals surface area contributed by atoms with Crippen LogP contribution in [0.2, 0.25) is 0 Å². The molecule has 3 amide bonds. The van der Waals surface area contributed by atoms with E-state index in [-0.39, 0.29) is 43.8 Å². The minimum atomic E-state index is -1.33. The summed E-state index contributed by atoms with van der Waals surface area (Å²) in [6.07, 6.45) is 5.54. The normalized spacial score (nSPS) is 13.4. The Bertz CT molecular complexity index is 932. The van der Waals surface area contributed by atoms with E-state index in [9.17, 15) is 34.2 Å². The summed E-state index contributed by atoms with van der Waals surface area (Å²) in [6.45, 7) is 4.34. The van der Waals surface area contributed by atoms with Crippen molar-refractivity contribution in [3.63, 3.8) is 0 Å². The summed E-state index contributed by atoms with van der Waals surface area (Å²) in [7, 11) is 0. The minimum Gasteiger partial charge on any atom is -0.481 e. The van der Waals surface area contributed by atoms with E-state index in [1.54, 1.807) is 6.92 Å². The van der Waals surface area contributed by atoms with Crippen molar-refractivity contribution in [2.75, 3.05) is 19.6 Å². The first-order valence-corrected chi connectivity index (χ1v) is 14.8. The number of guanidine groups is 2. The van der Waals surface area contributed by atoms with Crippen LogP contribution in [0.1, 0.15) is 84.5 Å². The zero-order valence-corrected chi connectivity index (χ0v) is 25.3. The van der Waals surface area contributed by atoms with Crippen molar-refractivity contribution in [1.29, 1.82) is 10.8 Å². The fourth-order valence-corrected chi connectivity index (χ4v) is 4.23. The summed E-state index contributed by atoms with van der Waals surface area (Å²) < 4.78 is 0. The molecule has 0 saturated carbocycles. The molecule has 0 aromatic carbocycles. The molecule has 0 aliphatic rings. The van der Waals surface area contributed by atoms with Crippen molar-refractivity contribution in [1.82, 2.24) is 26.6 Å². The molecule has 0 saturated heterocycles. The molecule has 0 rings (SSSR count). The van der Waals surface area contributed by atoms with Crippen molar-refractivity contribution in [2.24, 2.45) is 23.3 Å². The van der Waals surface area contributed by atoms with Crippen LogP contribution in [0, 0.1) is 22.7 Å². The summed E-state index contributed by atoms with van der Waals surface area (Å²) in [5.74, 6) is -5.63. The topological polar surface area (TPSA) is 286 Å². The second-order valence-electron chi connectivity index (χ2n) is 10.5. The maximum Gasteiger partial charge on any atom is 0.326 e. The molecule has 0 aromatic heterocycles. The second kappa shape index (κ2) is 22.5. The third-order valence-corrected chi connectivity index (χ3v) is 6.94. The Morgan fingerprint density at radius 2 is 1.30 bits per heavy atom. The third-order valence-electron chi connectivity index (χ3n) is 6.94. The molecule has 0 radical (unpaired) electrons. The molecule has 13 N–H and O–H groups in total. The van der Waals surface area contributed by atoms with Gasteiger partial charge >= 0.3 is 11.9 Å². The van der Waals surface area contributed by atoms with Gasteiger partial charge in [-0.1, -0.05) is 46.0 Å². The third kappa shape index (κ3) is 19.6. The number of unbranched alkanes of at least 4 members (excludes halogenated alkanes) is 5. The summed E-state index contributed by atoms with van der Waals surface area (Å²) in [4.78, 5) is 61.4. The first kappa shape index (κ1) is 38.9. The molecule has 246 valence electrons. The highest BCUT2D eigenvalue weighted by Gasteiger charge is 2.30. The molecule has 16 nitrogen and oxygen atoms in total. The van der Waals surface area contributed by atoms with Crippen LogP contribution in [0.3, 0.4) is 0 Å². The van der Waals surface area contributed by atoms with E-state index in [2.05, 4.69) is 26.6 Å². The Labute approximate surface area is 252 Å². The number of nitrogens with one attached hydrogen (secondary N) is 7. The highest BCUT2D eigenvalue weighted by atomic mass is 16.4. The van der Waals surface area contributed by atoms with Crippen molar-refractivity contribution >= 4 is 41.6 Å². The number of rotatable bonds is 24. The highest BCUT2D eigenvalue weighted by molar-refractivity contribution is 5.91. The molecule has 43 heavy (non-hydrogen) atoms. The maximum absolute atomic E-state index is 13.0. The molecular weight excluding hydrogens is 562 g/mol. The minimum absolute atomic E-state index is 0.0570. The number of carboxylic acids is 2. The number of hydrogen-bond acceptors (Lipinski definition) is 7. The molecular formula is C27H51N9O7. The van der Waals surface area contributed by atoms with Gasteiger partial charge in [0.2, 0.25) is 17.7 Å². The molecule has 4 atom stereocenters. The molecule has 0 fully saturated rings. The largest absolute Gasteiger partial charge is 0.481 e. The van der Waals surface area contributed by atoms with Crippen LogP contribution < -0.4 is 38.1 Å². The van der Waals surface area contributed by atoms with Gasteiger partial charge in [0.15, 0.2) is 11.9 Å². The number of aliphatic carboxylic acids is 2. The van der Waals surface area contributed by atoms with E-state index in [1.807, 2.05) is 6.92 Å². The lowest BCUT2D eigenvalue weighted by atomic mass is 9.90. The molecule has 0 aliphatic heterocycles. The van der Waals surface area contributed by atoms with E-state index >= 15 is 0 Å². The van der Waals surface area contributed by atoms with Crippen LogP contribution in [0.25, 0.3) is 0 Å². The van der Waals surface area contributed by atoms with Crippen LogP contribution in [0.4, 0.5) is 0 Å². The van der Waals surface area contributed by atoms with Gasteiger partial charge in [-0.3, -0.25) is 30.0 Å². The molecule has 2 unspecified atom stereocenters. The van der Waals surface area contributed by atoms with Crippen LogP contribution in [-0.4, -0.2) is 83.5 Å². The maximum atomic E-state index is 13.0. The van der Waals surface area contributed by atoms with E-state index < -0.39 is 54.1 Å². The average molecular weight is 614 g/mol. The number of hydrogen-bond donors (Lipinski definition) is 11. The molecule has 0 heterocycles. The average Bonchev–Trinajstić information content (AvgIpc) is 2.92. The van der Waals surface area contributed by atoms with Crippen molar-refractivity contribution in [2.45, 2.75) is 96.6 Å². The van der Waals surface area contributed by atoms with Gasteiger partial charge in [-0.05, 0) is 31.6 Å². The number of carboxylic acid groups (broad SMARTS) is 2. The van der Waals surface area contributed by atoms with Crippen molar-refractivity contribution in [3.05, 3.63) is 0 Å². The van der Waals surface area contributed by atoms with Gasteiger partial charge in [-0.2, -0.15) is 0 Å². The lowest BCUT2D eigenvalue weighted by molar-refractivity contribution is -0.143. The first-order valence-electron chi connectivity index (χ1n) is 14.8. The fourth-order valence-electron chi connectivity index (χ4n) is 4.23. The zero-order chi connectivity index (χ0) is 32.8. The number of carbonyl (C=O) groups excluding carboxylic acids is 3. The zero-order valence-electron chi connectivity index (χ0n) is 25.3. The summed E-state index contributed by atoms with van der Waals surface area (Å²) in [5, 5.41) is 45.9. The lowest BCUT2D eigenvalue weighted by Crippen LogP contribution is -2.52. The summed E-state index contributed by atoms with van der Waals surface area (Å²) in [5.41, 5.74) is 10.4. The van der Waals surface area contributed by atoms with Crippen LogP contribution >= 0.6 is 0 Å². The Kier molecular flexibility index (Phi) is 20.3. The Morgan fingerprint density at radius 3 is 1.84 bits per heavy atom. The SMILES string of the molecule is CCC(C)C(CNC(=O)[C@H](CC(=O)O)NC(=O)CCCCCCCCNC(=N)N)C(=O)N[C@@H](CCCNC(=N)N)C(=O)O. The Morgan fingerprint density at radius 1 is 0.744 bits per heavy atom. The van der Waals surface area contributed by atoms with E-state index in [0.717, 1.165) is 32.1 Å². The van der Waals surface area contributed by atoms with E-state index in [1.165, 1.54) is 0 Å². The van der Waals surface area contributed by atoms with Gasteiger partial charge in [0.05, 0.1) is 12.3 Å². The van der Waals surface area contributed by atoms with E-state index in [0.29, 0.717) is 25.8 Å². The predicted molar refractivity (Wildman–Crippen MR) is 161 cm³/mol. The van der Waals surface area contributed by atoms with Gasteiger partial charge in [-0.25, -0.2) is 4.79 Å². The fraction of sp³-hybridized carbons (Fsp3) is 0.741. The van der Waals surface area contributed by atoms with Gasteiger partial charge in [0, 0.05) is 26.1 Å². The Balaban J connectivity index is 4.92. The summed E-state index contributed by atoms with van der Waals surface area (Å²) >= 11 is 0. The number of nitrogens with two attached hydrogens (primary N) is 2. The Hall–Kier alpha value is -4.11. The van der Waals surface area contributed by atoms with Crippen molar-refractivity contribution in [3.8, 4) is 0 Å². The number of carbonyl (C=O) groups is 5. The molecule has 0 spiro atoms. The predicted octanol–water partition coefficient (Wildman–Crippen LogP) is -0.229. The lowest BCUT2D eigenvalue weighted by Gasteiger charge is -2.26. The standard InChI is InChI=1S/C27H51N9O7/c1-3-17(2)18(23(40)36-19(25(42)43)11-10-14-33-27(30)31)16-34-24(41)20(15-22(38)39)35-21(37)12-8-6-4-5-7-9-13-32-26(28)29/h17-20H,3-16H2,1-2H3,(H,34,41)(H,35,37)(H,36,40)(H,38,39)(H,42,43)(H4,28,29,32)(H4,30,31,33)/t17?,18?,19-,20-/m0/s1. The second-order valence-corrected chi connectivity index (χ2v) is 10.5. The smallest absolute Gasteiger partial charge is 0.326 e. The van der Waals surface area contributed by atoms with Gasteiger partial charge in [0.25, 0.3) is 0 Å². The summed E-state index contributed by atoms with van der Waals surface area (Å²) in [6, 6.07) is -2.52. The number of amides is 3. The molecule has 0 aliphatic carbocycles.